The summed E-state index contributed by atoms with van der Waals surface area (Å²) in [5.74, 6) is -0.290. The smallest absolute Gasteiger partial charge is 0.291 e. The lowest BCUT2D eigenvalue weighted by molar-refractivity contribution is 0.100. The number of fused-ring (bicyclic) bond motifs is 2. The number of carbonyl (C=O) groups excluding carboxylic acids is 1. The highest BCUT2D eigenvalue weighted by molar-refractivity contribution is 7.21. The maximum atomic E-state index is 12.7. The number of amides is 1. The minimum Gasteiger partial charge on any atom is -0.319 e. The van der Waals surface area contributed by atoms with Crippen molar-refractivity contribution in [2.75, 3.05) is 0 Å². The standard InChI is InChI=1S/C19H15ClN2OS2/c1-10-8-13-15(9-11(10)2)25-19(22(13)3)21-18(23)17-16(20)12-6-4-5-7-14(12)24-17/h4-9H,1-3H3. The molecular weight excluding hydrogens is 372 g/mol. The quantitative estimate of drug-likeness (QED) is 0.427. The molecule has 0 spiro atoms. The van der Waals surface area contributed by atoms with Gasteiger partial charge < -0.3 is 4.57 Å². The number of nitrogens with zero attached hydrogens (tertiary/aromatic N) is 2. The van der Waals surface area contributed by atoms with Gasteiger partial charge >= 0.3 is 0 Å². The van der Waals surface area contributed by atoms with E-state index in [-0.39, 0.29) is 5.91 Å². The second kappa shape index (κ2) is 6.09. The summed E-state index contributed by atoms with van der Waals surface area (Å²) >= 11 is 9.31. The molecule has 2 aromatic heterocycles. The Morgan fingerprint density at radius 2 is 1.80 bits per heavy atom. The van der Waals surface area contributed by atoms with Crippen LogP contribution in [0.2, 0.25) is 5.02 Å². The molecule has 0 fully saturated rings. The zero-order valence-corrected chi connectivity index (χ0v) is 16.4. The number of hydrogen-bond donors (Lipinski definition) is 0. The molecule has 2 heterocycles. The number of benzene rings is 2. The van der Waals surface area contributed by atoms with Crippen LogP contribution < -0.4 is 4.80 Å². The predicted molar refractivity (Wildman–Crippen MR) is 107 cm³/mol. The molecule has 0 saturated heterocycles. The van der Waals surface area contributed by atoms with Gasteiger partial charge in [-0.2, -0.15) is 4.99 Å². The summed E-state index contributed by atoms with van der Waals surface area (Å²) in [6.07, 6.45) is 0. The van der Waals surface area contributed by atoms with E-state index in [0.717, 1.165) is 20.3 Å². The fraction of sp³-hybridized carbons (Fsp3) is 0.158. The molecule has 0 unspecified atom stereocenters. The molecule has 6 heteroatoms. The highest BCUT2D eigenvalue weighted by Gasteiger charge is 2.17. The van der Waals surface area contributed by atoms with Gasteiger partial charge in [0.25, 0.3) is 5.91 Å². The Bertz CT molecular complexity index is 1210. The monoisotopic (exact) mass is 386 g/mol. The molecule has 126 valence electrons. The normalized spacial score (nSPS) is 12.4. The maximum absolute atomic E-state index is 12.7. The van der Waals surface area contributed by atoms with Crippen LogP contribution in [0, 0.1) is 13.8 Å². The Morgan fingerprint density at radius 3 is 2.56 bits per heavy atom. The topological polar surface area (TPSA) is 34.4 Å². The SMILES string of the molecule is Cc1cc2sc(=NC(=O)c3sc4ccccc4c3Cl)n(C)c2cc1C. The third-order valence-electron chi connectivity index (χ3n) is 4.35. The number of carbonyl (C=O) groups is 1. The Labute approximate surface area is 157 Å². The van der Waals surface area contributed by atoms with Gasteiger partial charge in [0.05, 0.1) is 15.2 Å². The largest absolute Gasteiger partial charge is 0.319 e. The molecule has 1 amide bonds. The number of rotatable bonds is 1. The van der Waals surface area contributed by atoms with Gasteiger partial charge in [-0.05, 0) is 43.2 Å². The first-order valence-electron chi connectivity index (χ1n) is 7.78. The molecule has 0 aliphatic rings. The van der Waals surface area contributed by atoms with E-state index in [1.807, 2.05) is 35.9 Å². The first-order chi connectivity index (χ1) is 12.0. The summed E-state index contributed by atoms with van der Waals surface area (Å²) in [6.45, 7) is 4.18. The van der Waals surface area contributed by atoms with Crippen molar-refractivity contribution >= 4 is 60.5 Å². The van der Waals surface area contributed by atoms with Crippen molar-refractivity contribution in [1.82, 2.24) is 4.57 Å². The zero-order valence-electron chi connectivity index (χ0n) is 14.0. The Hall–Kier alpha value is -1.95. The van der Waals surface area contributed by atoms with Crippen LogP contribution in [-0.2, 0) is 7.05 Å². The minimum atomic E-state index is -0.290. The molecule has 0 atom stereocenters. The summed E-state index contributed by atoms with van der Waals surface area (Å²) in [4.78, 5) is 18.2. The van der Waals surface area contributed by atoms with Gasteiger partial charge in [0, 0.05) is 17.1 Å². The van der Waals surface area contributed by atoms with Gasteiger partial charge in [0.1, 0.15) is 4.88 Å². The predicted octanol–water partition coefficient (Wildman–Crippen LogP) is 5.47. The summed E-state index contributed by atoms with van der Waals surface area (Å²) in [5, 5.41) is 1.39. The molecule has 0 N–H and O–H groups in total. The number of halogens is 1. The van der Waals surface area contributed by atoms with Gasteiger partial charge in [0.15, 0.2) is 4.80 Å². The average molecular weight is 387 g/mol. The number of aromatic nitrogens is 1. The lowest BCUT2D eigenvalue weighted by Crippen LogP contribution is -2.13. The van der Waals surface area contributed by atoms with Crippen LogP contribution >= 0.6 is 34.3 Å². The second-order valence-corrected chi connectivity index (χ2v) is 8.45. The number of aryl methyl sites for hydroxylation is 3. The van der Waals surface area contributed by atoms with Gasteiger partial charge in [0.2, 0.25) is 0 Å². The Morgan fingerprint density at radius 1 is 1.08 bits per heavy atom. The molecule has 0 aliphatic heterocycles. The number of hydrogen-bond acceptors (Lipinski definition) is 3. The van der Waals surface area contributed by atoms with Crippen molar-refractivity contribution in [2.45, 2.75) is 13.8 Å². The van der Waals surface area contributed by atoms with E-state index in [1.165, 1.54) is 33.8 Å². The average Bonchev–Trinajstić information content (AvgIpc) is 3.07. The first kappa shape index (κ1) is 16.5. The number of thiazole rings is 1. The molecule has 4 aromatic rings. The lowest BCUT2D eigenvalue weighted by Gasteiger charge is -2.00. The molecule has 2 aromatic carbocycles. The number of thiophene rings is 1. The van der Waals surface area contributed by atoms with Crippen molar-refractivity contribution < 1.29 is 4.79 Å². The van der Waals surface area contributed by atoms with Crippen LogP contribution in [0.1, 0.15) is 20.8 Å². The molecular formula is C19H15ClN2OS2. The highest BCUT2D eigenvalue weighted by Crippen LogP contribution is 2.35. The van der Waals surface area contributed by atoms with Crippen LogP contribution in [0.3, 0.4) is 0 Å². The van der Waals surface area contributed by atoms with E-state index in [4.69, 9.17) is 11.6 Å². The molecule has 4 rings (SSSR count). The molecule has 0 aliphatic carbocycles. The fourth-order valence-corrected chi connectivity index (χ4v) is 5.27. The molecule has 25 heavy (non-hydrogen) atoms. The Balaban J connectivity index is 1.87. The molecule has 3 nitrogen and oxygen atoms in total. The van der Waals surface area contributed by atoms with Crippen LogP contribution in [0.15, 0.2) is 41.4 Å². The van der Waals surface area contributed by atoms with E-state index < -0.39 is 0 Å². The van der Waals surface area contributed by atoms with Crippen LogP contribution in [0.4, 0.5) is 0 Å². The molecule has 0 radical (unpaired) electrons. The van der Waals surface area contributed by atoms with Gasteiger partial charge in [-0.15, -0.1) is 11.3 Å². The van der Waals surface area contributed by atoms with E-state index >= 15 is 0 Å². The lowest BCUT2D eigenvalue weighted by atomic mass is 10.1. The molecule has 0 bridgehead atoms. The fourth-order valence-electron chi connectivity index (χ4n) is 2.78. The van der Waals surface area contributed by atoms with Gasteiger partial charge in [-0.25, -0.2) is 0 Å². The summed E-state index contributed by atoms with van der Waals surface area (Å²) in [7, 11) is 1.94. The van der Waals surface area contributed by atoms with Crippen LogP contribution in [0.5, 0.6) is 0 Å². The van der Waals surface area contributed by atoms with Crippen molar-refractivity contribution in [2.24, 2.45) is 12.0 Å². The van der Waals surface area contributed by atoms with Gasteiger partial charge in [-0.1, -0.05) is 41.1 Å². The van der Waals surface area contributed by atoms with E-state index in [9.17, 15) is 4.79 Å². The highest BCUT2D eigenvalue weighted by atomic mass is 35.5. The second-order valence-electron chi connectivity index (χ2n) is 6.01. The summed E-state index contributed by atoms with van der Waals surface area (Å²) in [5.41, 5.74) is 3.55. The minimum absolute atomic E-state index is 0.290. The van der Waals surface area contributed by atoms with Crippen LogP contribution in [0.25, 0.3) is 20.3 Å². The van der Waals surface area contributed by atoms with Crippen molar-refractivity contribution in [3.8, 4) is 0 Å². The Kier molecular flexibility index (Phi) is 4.02. The van der Waals surface area contributed by atoms with E-state index in [1.54, 1.807) is 0 Å². The zero-order chi connectivity index (χ0) is 17.7. The van der Waals surface area contributed by atoms with E-state index in [0.29, 0.717) is 14.7 Å². The van der Waals surface area contributed by atoms with E-state index in [2.05, 4.69) is 31.0 Å². The summed E-state index contributed by atoms with van der Waals surface area (Å²) < 4.78 is 4.09. The van der Waals surface area contributed by atoms with Crippen molar-refractivity contribution in [1.29, 1.82) is 0 Å². The van der Waals surface area contributed by atoms with Gasteiger partial charge in [-0.3, -0.25) is 4.79 Å². The van der Waals surface area contributed by atoms with Crippen LogP contribution in [-0.4, -0.2) is 10.5 Å². The molecule has 0 saturated carbocycles. The van der Waals surface area contributed by atoms with Crippen molar-refractivity contribution in [3.63, 3.8) is 0 Å². The summed E-state index contributed by atoms with van der Waals surface area (Å²) in [6, 6.07) is 12.0. The first-order valence-corrected chi connectivity index (χ1v) is 9.79. The third kappa shape index (κ3) is 2.72. The van der Waals surface area contributed by atoms with Crippen molar-refractivity contribution in [3.05, 3.63) is 62.2 Å². The third-order valence-corrected chi connectivity index (χ3v) is 7.11. The maximum Gasteiger partial charge on any atom is 0.291 e.